The normalized spacial score (nSPS) is 14.2. The van der Waals surface area contributed by atoms with Gasteiger partial charge in [0.25, 0.3) is 0 Å². The lowest BCUT2D eigenvalue weighted by Crippen LogP contribution is -2.40. The van der Waals surface area contributed by atoms with Gasteiger partial charge in [0.1, 0.15) is 5.56 Å². The molecular formula is C20H23NO8. The Bertz CT molecular complexity index is 975. The van der Waals surface area contributed by atoms with Gasteiger partial charge in [-0.2, -0.15) is 0 Å². The van der Waals surface area contributed by atoms with E-state index in [1.165, 1.54) is 20.3 Å². The van der Waals surface area contributed by atoms with Gasteiger partial charge >= 0.3 is 5.63 Å². The summed E-state index contributed by atoms with van der Waals surface area (Å²) in [6, 6.07) is 1.49. The minimum atomic E-state index is -0.674. The average molecular weight is 405 g/mol. The predicted molar refractivity (Wildman–Crippen MR) is 103 cm³/mol. The maximum atomic E-state index is 12.7. The highest BCUT2D eigenvalue weighted by atomic mass is 16.5. The summed E-state index contributed by atoms with van der Waals surface area (Å²) in [5.41, 5.74) is -0.101. The Hall–Kier alpha value is -2.91. The van der Waals surface area contributed by atoms with Crippen LogP contribution in [0, 0.1) is 0 Å². The fourth-order valence-corrected chi connectivity index (χ4v) is 3.45. The van der Waals surface area contributed by atoms with Crippen molar-refractivity contribution in [1.29, 1.82) is 0 Å². The van der Waals surface area contributed by atoms with Crippen LogP contribution < -0.4 is 10.4 Å². The number of aldehydes is 1. The Labute approximate surface area is 166 Å². The minimum absolute atomic E-state index is 0.0430. The number of ether oxygens (including phenoxy) is 3. The Morgan fingerprint density at radius 3 is 2.62 bits per heavy atom. The third-order valence-electron chi connectivity index (χ3n) is 4.96. The van der Waals surface area contributed by atoms with E-state index < -0.39 is 11.4 Å². The van der Waals surface area contributed by atoms with Gasteiger partial charge in [0.15, 0.2) is 23.4 Å². The molecule has 3 rings (SSSR count). The average Bonchev–Trinajstić information content (AvgIpc) is 2.73. The number of methoxy groups -OCH3 is 2. The molecule has 0 saturated carbocycles. The number of nitrogens with zero attached hydrogens (tertiary/aromatic N) is 1. The van der Waals surface area contributed by atoms with Crippen LogP contribution in [0.25, 0.3) is 11.0 Å². The van der Waals surface area contributed by atoms with Crippen LogP contribution in [0.5, 0.6) is 11.5 Å². The SMILES string of the molecule is COCc1c(CCC(=O)N2CCOCC2)c(=O)oc2c(C=O)c(O)c(OC)cc12. The zero-order valence-electron chi connectivity index (χ0n) is 16.4. The molecule has 2 heterocycles. The van der Waals surface area contributed by atoms with Crippen molar-refractivity contribution in [3.05, 3.63) is 33.2 Å². The number of aromatic hydroxyl groups is 1. The smallest absolute Gasteiger partial charge is 0.339 e. The summed E-state index contributed by atoms with van der Waals surface area (Å²) in [6.45, 7) is 2.10. The van der Waals surface area contributed by atoms with Crippen LogP contribution in [0.1, 0.15) is 27.9 Å². The molecule has 1 saturated heterocycles. The lowest BCUT2D eigenvalue weighted by atomic mass is 9.98. The highest BCUT2D eigenvalue weighted by molar-refractivity contribution is 6.00. The van der Waals surface area contributed by atoms with Gasteiger partial charge in [-0.3, -0.25) is 9.59 Å². The van der Waals surface area contributed by atoms with Crippen molar-refractivity contribution in [3.63, 3.8) is 0 Å². The fraction of sp³-hybridized carbons (Fsp3) is 0.450. The number of carbonyl (C=O) groups is 2. The molecule has 9 heteroatoms. The van der Waals surface area contributed by atoms with Gasteiger partial charge in [-0.05, 0) is 18.1 Å². The van der Waals surface area contributed by atoms with Crippen molar-refractivity contribution in [2.45, 2.75) is 19.4 Å². The Morgan fingerprint density at radius 1 is 1.28 bits per heavy atom. The first-order valence-electron chi connectivity index (χ1n) is 9.20. The molecule has 1 aliphatic heterocycles. The molecule has 0 radical (unpaired) electrons. The molecule has 0 bridgehead atoms. The van der Waals surface area contributed by atoms with E-state index in [1.807, 2.05) is 0 Å². The molecule has 0 unspecified atom stereocenters. The van der Waals surface area contributed by atoms with Crippen LogP contribution in [-0.4, -0.2) is 62.7 Å². The van der Waals surface area contributed by atoms with E-state index in [0.717, 1.165) is 0 Å². The molecule has 1 aliphatic rings. The Balaban J connectivity index is 2.04. The van der Waals surface area contributed by atoms with E-state index in [1.54, 1.807) is 4.90 Å². The predicted octanol–water partition coefficient (Wildman–Crippen LogP) is 1.26. The summed E-state index contributed by atoms with van der Waals surface area (Å²) in [4.78, 5) is 38.3. The first-order chi connectivity index (χ1) is 14.0. The number of phenols is 1. The topological polar surface area (TPSA) is 116 Å². The van der Waals surface area contributed by atoms with Gasteiger partial charge in [0.05, 0.1) is 26.9 Å². The monoisotopic (exact) mass is 405 g/mol. The van der Waals surface area contributed by atoms with Crippen molar-refractivity contribution in [2.24, 2.45) is 0 Å². The Kier molecular flexibility index (Phi) is 6.50. The van der Waals surface area contributed by atoms with E-state index >= 15 is 0 Å². The second-order valence-electron chi connectivity index (χ2n) is 6.61. The van der Waals surface area contributed by atoms with Crippen molar-refractivity contribution in [2.75, 3.05) is 40.5 Å². The molecule has 1 amide bonds. The lowest BCUT2D eigenvalue weighted by Gasteiger charge is -2.27. The van der Waals surface area contributed by atoms with Gasteiger partial charge in [-0.15, -0.1) is 0 Å². The second-order valence-corrected chi connectivity index (χ2v) is 6.61. The molecule has 1 aromatic heterocycles. The maximum Gasteiger partial charge on any atom is 0.339 e. The van der Waals surface area contributed by atoms with Crippen molar-refractivity contribution in [1.82, 2.24) is 4.90 Å². The summed E-state index contributed by atoms with van der Waals surface area (Å²) in [7, 11) is 2.83. The number of hydrogen-bond donors (Lipinski definition) is 1. The van der Waals surface area contributed by atoms with Crippen molar-refractivity contribution < 1.29 is 33.3 Å². The summed E-state index contributed by atoms with van der Waals surface area (Å²) < 4.78 is 21.0. The maximum absolute atomic E-state index is 12.7. The molecule has 0 aliphatic carbocycles. The van der Waals surface area contributed by atoms with E-state index in [-0.39, 0.29) is 42.3 Å². The zero-order valence-corrected chi connectivity index (χ0v) is 16.4. The van der Waals surface area contributed by atoms with Crippen molar-refractivity contribution in [3.8, 4) is 11.5 Å². The van der Waals surface area contributed by atoms with E-state index in [4.69, 9.17) is 18.6 Å². The van der Waals surface area contributed by atoms with Crippen LogP contribution in [0.4, 0.5) is 0 Å². The lowest BCUT2D eigenvalue weighted by molar-refractivity contribution is -0.135. The van der Waals surface area contributed by atoms with Gasteiger partial charge in [0, 0.05) is 37.6 Å². The van der Waals surface area contributed by atoms with E-state index in [9.17, 15) is 19.5 Å². The quantitative estimate of drug-likeness (QED) is 0.541. The van der Waals surface area contributed by atoms with Gasteiger partial charge in [-0.25, -0.2) is 4.79 Å². The van der Waals surface area contributed by atoms with E-state index in [2.05, 4.69) is 0 Å². The van der Waals surface area contributed by atoms with Gasteiger partial charge in [-0.1, -0.05) is 0 Å². The summed E-state index contributed by atoms with van der Waals surface area (Å²) >= 11 is 0. The van der Waals surface area contributed by atoms with Gasteiger partial charge in [0.2, 0.25) is 5.91 Å². The zero-order chi connectivity index (χ0) is 21.0. The first-order valence-corrected chi connectivity index (χ1v) is 9.20. The molecule has 0 atom stereocenters. The molecule has 2 aromatic rings. The summed E-state index contributed by atoms with van der Waals surface area (Å²) in [5.74, 6) is -0.411. The largest absolute Gasteiger partial charge is 0.504 e. The van der Waals surface area contributed by atoms with Crippen LogP contribution in [0.2, 0.25) is 0 Å². The molecule has 1 fully saturated rings. The molecule has 1 aromatic carbocycles. The van der Waals surface area contributed by atoms with Crippen molar-refractivity contribution >= 4 is 23.2 Å². The van der Waals surface area contributed by atoms with Crippen LogP contribution >= 0.6 is 0 Å². The summed E-state index contributed by atoms with van der Waals surface area (Å²) in [5, 5.41) is 10.6. The number of benzene rings is 1. The number of rotatable bonds is 7. The molecule has 29 heavy (non-hydrogen) atoms. The minimum Gasteiger partial charge on any atom is -0.504 e. The second kappa shape index (κ2) is 9.06. The number of morpholine rings is 1. The van der Waals surface area contributed by atoms with Gasteiger partial charge < -0.3 is 28.6 Å². The van der Waals surface area contributed by atoms with Crippen LogP contribution in [-0.2, 0) is 27.3 Å². The standard InChI is InChI=1S/C20H23NO8/c1-26-11-15-12(3-4-17(23)21-5-7-28-8-6-21)20(25)29-19-13(15)9-16(27-2)18(24)14(19)10-22/h9-10,24H,3-8,11H2,1-2H3. The first kappa shape index (κ1) is 20.8. The third-order valence-corrected chi connectivity index (χ3v) is 4.96. The Morgan fingerprint density at radius 2 is 2.00 bits per heavy atom. The molecular weight excluding hydrogens is 382 g/mol. The number of carbonyl (C=O) groups excluding carboxylic acids is 2. The molecule has 156 valence electrons. The number of hydrogen-bond acceptors (Lipinski definition) is 8. The highest BCUT2D eigenvalue weighted by Gasteiger charge is 2.23. The highest BCUT2D eigenvalue weighted by Crippen LogP contribution is 2.37. The molecule has 0 spiro atoms. The summed E-state index contributed by atoms with van der Waals surface area (Å²) in [6.07, 6.45) is 0.691. The van der Waals surface area contributed by atoms with Crippen LogP contribution in [0.3, 0.4) is 0 Å². The fourth-order valence-electron chi connectivity index (χ4n) is 3.45. The number of phenolic OH excluding ortho intramolecular Hbond substituents is 1. The third kappa shape index (κ3) is 4.10. The van der Waals surface area contributed by atoms with Crippen LogP contribution in [0.15, 0.2) is 15.3 Å². The number of amides is 1. The number of fused-ring (bicyclic) bond motifs is 1. The van der Waals surface area contributed by atoms with E-state index in [0.29, 0.717) is 49.1 Å². The molecule has 9 nitrogen and oxygen atoms in total. The molecule has 1 N–H and O–H groups in total.